The van der Waals surface area contributed by atoms with E-state index in [1.807, 2.05) is 12.1 Å². The van der Waals surface area contributed by atoms with Gasteiger partial charge in [0.15, 0.2) is 5.82 Å². The van der Waals surface area contributed by atoms with Crippen molar-refractivity contribution in [1.82, 2.24) is 15.0 Å². The number of esters is 1. The molecule has 0 bridgehead atoms. The van der Waals surface area contributed by atoms with Crippen LogP contribution in [0.2, 0.25) is 0 Å². The number of benzene rings is 1. The summed E-state index contributed by atoms with van der Waals surface area (Å²) in [5.74, 6) is 0.956. The molecule has 0 amide bonds. The number of carbonyl (C=O) groups excluding carboxylic acids is 1. The normalized spacial score (nSPS) is 9.80. The smallest absolute Gasteiger partial charge is 0.338 e. The number of ether oxygens (including phenoxy) is 1. The Kier molecular flexibility index (Phi) is 6.42. The molecule has 0 aliphatic rings. The summed E-state index contributed by atoms with van der Waals surface area (Å²) in [5, 5.41) is 3.19. The largest absolute Gasteiger partial charge is 0.462 e. The lowest BCUT2D eigenvalue weighted by Gasteiger charge is -2.08. The zero-order chi connectivity index (χ0) is 16.8. The second kappa shape index (κ2) is 8.75. The van der Waals surface area contributed by atoms with Crippen LogP contribution < -0.4 is 5.32 Å². The zero-order valence-corrected chi connectivity index (χ0v) is 14.4. The summed E-state index contributed by atoms with van der Waals surface area (Å²) in [7, 11) is 0. The van der Waals surface area contributed by atoms with Gasteiger partial charge in [-0.2, -0.15) is 0 Å². The molecular formula is C18H17ClN4O2. The minimum Gasteiger partial charge on any atom is -0.462 e. The van der Waals surface area contributed by atoms with Crippen molar-refractivity contribution in [2.75, 3.05) is 11.9 Å². The maximum atomic E-state index is 11.6. The second-order valence-corrected chi connectivity index (χ2v) is 4.92. The zero-order valence-electron chi connectivity index (χ0n) is 13.5. The Morgan fingerprint density at radius 3 is 2.44 bits per heavy atom. The molecule has 0 unspecified atom stereocenters. The number of hydrogen-bond acceptors (Lipinski definition) is 6. The van der Waals surface area contributed by atoms with Gasteiger partial charge >= 0.3 is 5.97 Å². The molecule has 1 N–H and O–H groups in total. The van der Waals surface area contributed by atoms with Gasteiger partial charge in [-0.3, -0.25) is 4.98 Å². The predicted molar refractivity (Wildman–Crippen MR) is 98.2 cm³/mol. The lowest BCUT2D eigenvalue weighted by Crippen LogP contribution is -2.04. The molecule has 6 nitrogen and oxygen atoms in total. The van der Waals surface area contributed by atoms with Crippen LogP contribution in [0.1, 0.15) is 17.3 Å². The number of nitrogens with zero attached hydrogens (tertiary/aromatic N) is 3. The van der Waals surface area contributed by atoms with Crippen LogP contribution in [-0.4, -0.2) is 27.5 Å². The van der Waals surface area contributed by atoms with Crippen molar-refractivity contribution in [3.63, 3.8) is 0 Å². The fourth-order valence-corrected chi connectivity index (χ4v) is 2.12. The molecule has 0 spiro atoms. The van der Waals surface area contributed by atoms with Gasteiger partial charge in [0.1, 0.15) is 5.82 Å². The van der Waals surface area contributed by atoms with Gasteiger partial charge < -0.3 is 10.1 Å². The van der Waals surface area contributed by atoms with E-state index in [1.165, 1.54) is 0 Å². The van der Waals surface area contributed by atoms with E-state index in [-0.39, 0.29) is 18.4 Å². The topological polar surface area (TPSA) is 77.0 Å². The first-order chi connectivity index (χ1) is 11.8. The molecule has 0 atom stereocenters. The van der Waals surface area contributed by atoms with E-state index in [4.69, 9.17) is 4.74 Å². The fourth-order valence-electron chi connectivity index (χ4n) is 2.12. The summed E-state index contributed by atoms with van der Waals surface area (Å²) in [6, 6.07) is 12.5. The molecular weight excluding hydrogens is 340 g/mol. The third kappa shape index (κ3) is 4.74. The number of halogens is 1. The SMILES string of the molecule is CCOC(=O)c1ccc(Nc2ccnc(-c3ccncc3)n2)cc1.Cl. The minimum atomic E-state index is -0.328. The molecule has 3 rings (SSSR count). The standard InChI is InChI=1S/C18H16N4O2.ClH/c1-2-24-18(23)14-3-5-15(6-4-14)21-16-9-12-20-17(22-16)13-7-10-19-11-8-13;/h3-12H,2H2,1H3,(H,20,21,22);1H. The number of carbonyl (C=O) groups is 1. The highest BCUT2D eigenvalue weighted by Gasteiger charge is 2.06. The van der Waals surface area contributed by atoms with E-state index in [9.17, 15) is 4.79 Å². The van der Waals surface area contributed by atoms with Gasteiger partial charge in [-0.25, -0.2) is 14.8 Å². The number of pyridine rings is 1. The van der Waals surface area contributed by atoms with Crippen LogP contribution in [0.5, 0.6) is 0 Å². The van der Waals surface area contributed by atoms with Crippen LogP contribution in [-0.2, 0) is 4.74 Å². The molecule has 7 heteroatoms. The molecule has 2 aromatic heterocycles. The van der Waals surface area contributed by atoms with Crippen LogP contribution in [0.15, 0.2) is 61.1 Å². The molecule has 25 heavy (non-hydrogen) atoms. The Balaban J connectivity index is 0.00000225. The van der Waals surface area contributed by atoms with Crippen LogP contribution in [0.3, 0.4) is 0 Å². The van der Waals surface area contributed by atoms with E-state index in [0.29, 0.717) is 23.8 Å². The van der Waals surface area contributed by atoms with Gasteiger partial charge in [0, 0.05) is 29.8 Å². The quantitative estimate of drug-likeness (QED) is 0.699. The minimum absolute atomic E-state index is 0. The van der Waals surface area contributed by atoms with Crippen molar-refractivity contribution in [1.29, 1.82) is 0 Å². The maximum Gasteiger partial charge on any atom is 0.338 e. The molecule has 3 aromatic rings. The van der Waals surface area contributed by atoms with E-state index < -0.39 is 0 Å². The monoisotopic (exact) mass is 356 g/mol. The van der Waals surface area contributed by atoms with Crippen LogP contribution in [0.4, 0.5) is 11.5 Å². The number of aromatic nitrogens is 3. The van der Waals surface area contributed by atoms with Crippen molar-refractivity contribution < 1.29 is 9.53 Å². The van der Waals surface area contributed by atoms with Crippen molar-refractivity contribution >= 4 is 29.9 Å². The summed E-state index contributed by atoms with van der Waals surface area (Å²) in [6.45, 7) is 2.14. The number of anilines is 2. The van der Waals surface area contributed by atoms with E-state index in [1.54, 1.807) is 55.8 Å². The van der Waals surface area contributed by atoms with Crippen molar-refractivity contribution in [2.45, 2.75) is 6.92 Å². The van der Waals surface area contributed by atoms with Crippen molar-refractivity contribution in [3.8, 4) is 11.4 Å². The second-order valence-electron chi connectivity index (χ2n) is 4.92. The average molecular weight is 357 g/mol. The summed E-state index contributed by atoms with van der Waals surface area (Å²) in [4.78, 5) is 24.4. The Labute approximate surface area is 151 Å². The Morgan fingerprint density at radius 1 is 1.04 bits per heavy atom. The summed E-state index contributed by atoms with van der Waals surface area (Å²) in [6.07, 6.45) is 5.10. The maximum absolute atomic E-state index is 11.6. The van der Waals surface area contributed by atoms with Gasteiger partial charge in [-0.05, 0) is 49.4 Å². The highest BCUT2D eigenvalue weighted by molar-refractivity contribution is 5.89. The highest BCUT2D eigenvalue weighted by Crippen LogP contribution is 2.19. The van der Waals surface area contributed by atoms with Gasteiger partial charge in [-0.1, -0.05) is 0 Å². The summed E-state index contributed by atoms with van der Waals surface area (Å²) in [5.41, 5.74) is 2.23. The van der Waals surface area contributed by atoms with Crippen molar-refractivity contribution in [2.24, 2.45) is 0 Å². The molecule has 0 fully saturated rings. The molecule has 0 aliphatic carbocycles. The van der Waals surface area contributed by atoms with E-state index >= 15 is 0 Å². The Bertz CT molecular complexity index is 826. The molecule has 0 radical (unpaired) electrons. The van der Waals surface area contributed by atoms with E-state index in [2.05, 4.69) is 20.3 Å². The molecule has 128 valence electrons. The van der Waals surface area contributed by atoms with Crippen LogP contribution >= 0.6 is 12.4 Å². The third-order valence-electron chi connectivity index (χ3n) is 3.26. The molecule has 0 aliphatic heterocycles. The van der Waals surface area contributed by atoms with Gasteiger partial charge in [0.05, 0.1) is 12.2 Å². The summed E-state index contributed by atoms with van der Waals surface area (Å²) < 4.78 is 4.97. The number of rotatable bonds is 5. The Morgan fingerprint density at radius 2 is 1.76 bits per heavy atom. The van der Waals surface area contributed by atoms with Gasteiger partial charge in [0.25, 0.3) is 0 Å². The first kappa shape index (κ1) is 18.4. The lowest BCUT2D eigenvalue weighted by atomic mass is 10.2. The number of nitrogens with one attached hydrogen (secondary N) is 1. The first-order valence-corrected chi connectivity index (χ1v) is 7.54. The molecule has 0 saturated heterocycles. The predicted octanol–water partition coefficient (Wildman–Crippen LogP) is 3.88. The van der Waals surface area contributed by atoms with Crippen molar-refractivity contribution in [3.05, 3.63) is 66.6 Å². The first-order valence-electron chi connectivity index (χ1n) is 7.54. The lowest BCUT2D eigenvalue weighted by molar-refractivity contribution is 0.0526. The Hall–Kier alpha value is -2.99. The fraction of sp³-hybridized carbons (Fsp3) is 0.111. The number of hydrogen-bond donors (Lipinski definition) is 1. The van der Waals surface area contributed by atoms with Gasteiger partial charge in [0.2, 0.25) is 0 Å². The van der Waals surface area contributed by atoms with Crippen LogP contribution in [0, 0.1) is 0 Å². The summed E-state index contributed by atoms with van der Waals surface area (Å²) >= 11 is 0. The van der Waals surface area contributed by atoms with E-state index in [0.717, 1.165) is 11.3 Å². The molecule has 0 saturated carbocycles. The highest BCUT2D eigenvalue weighted by atomic mass is 35.5. The molecule has 2 heterocycles. The van der Waals surface area contributed by atoms with Gasteiger partial charge in [-0.15, -0.1) is 12.4 Å². The molecule has 1 aromatic carbocycles. The van der Waals surface area contributed by atoms with Crippen LogP contribution in [0.25, 0.3) is 11.4 Å². The third-order valence-corrected chi connectivity index (χ3v) is 3.26. The average Bonchev–Trinajstić information content (AvgIpc) is 2.63.